The predicted octanol–water partition coefficient (Wildman–Crippen LogP) is 2.00. The summed E-state index contributed by atoms with van der Waals surface area (Å²) in [5, 5.41) is 5.54. The van der Waals surface area contributed by atoms with Gasteiger partial charge in [-0.05, 0) is 31.7 Å². The molecule has 24 heavy (non-hydrogen) atoms. The molecule has 0 radical (unpaired) electrons. The fraction of sp³-hybridized carbons (Fsp3) is 0.500. The van der Waals surface area contributed by atoms with Crippen LogP contribution in [-0.4, -0.2) is 35.3 Å². The van der Waals surface area contributed by atoms with Crippen LogP contribution in [0.1, 0.15) is 39.7 Å². The molecule has 6 nitrogen and oxygen atoms in total. The van der Waals surface area contributed by atoms with Crippen LogP contribution in [0.3, 0.4) is 0 Å². The third-order valence-electron chi connectivity index (χ3n) is 3.91. The van der Waals surface area contributed by atoms with E-state index in [0.29, 0.717) is 6.42 Å². The van der Waals surface area contributed by atoms with Gasteiger partial charge in [0.05, 0.1) is 0 Å². The second-order valence-electron chi connectivity index (χ2n) is 6.91. The predicted molar refractivity (Wildman–Crippen MR) is 91.1 cm³/mol. The lowest BCUT2D eigenvalue weighted by Crippen LogP contribution is -2.46. The molecule has 1 aliphatic heterocycles. The molecule has 0 aromatic heterocycles. The van der Waals surface area contributed by atoms with Crippen molar-refractivity contribution >= 4 is 17.8 Å². The molecule has 1 aromatic carbocycles. The maximum atomic E-state index is 13.1. The molecule has 1 heterocycles. The van der Waals surface area contributed by atoms with E-state index < -0.39 is 11.6 Å². The molecule has 4 amide bonds. The first-order valence-corrected chi connectivity index (χ1v) is 8.25. The zero-order chi connectivity index (χ0) is 17.9. The van der Waals surface area contributed by atoms with Crippen molar-refractivity contribution in [2.45, 2.75) is 45.7 Å². The normalized spacial score (nSPS) is 20.7. The van der Waals surface area contributed by atoms with Crippen molar-refractivity contribution in [3.05, 3.63) is 35.9 Å². The summed E-state index contributed by atoms with van der Waals surface area (Å²) in [5.74, 6) is -0.521. The van der Waals surface area contributed by atoms with Crippen molar-refractivity contribution in [2.75, 3.05) is 6.54 Å². The summed E-state index contributed by atoms with van der Waals surface area (Å²) in [5.41, 5.74) is -0.367. The largest absolute Gasteiger partial charge is 0.352 e. The lowest BCUT2D eigenvalue weighted by atomic mass is 9.82. The highest BCUT2D eigenvalue weighted by Crippen LogP contribution is 2.35. The van der Waals surface area contributed by atoms with Crippen molar-refractivity contribution in [1.82, 2.24) is 15.5 Å². The molecule has 1 unspecified atom stereocenters. The minimum atomic E-state index is -1.11. The average Bonchev–Trinajstić information content (AvgIpc) is 2.72. The zero-order valence-corrected chi connectivity index (χ0v) is 14.6. The molecular weight excluding hydrogens is 306 g/mol. The fourth-order valence-electron chi connectivity index (χ4n) is 3.07. The van der Waals surface area contributed by atoms with Gasteiger partial charge in [0, 0.05) is 6.04 Å². The Morgan fingerprint density at radius 1 is 1.17 bits per heavy atom. The third-order valence-corrected chi connectivity index (χ3v) is 3.91. The first kappa shape index (κ1) is 18.0. The van der Waals surface area contributed by atoms with Crippen LogP contribution in [0.4, 0.5) is 4.79 Å². The monoisotopic (exact) mass is 331 g/mol. The molecule has 130 valence electrons. The lowest BCUT2D eigenvalue weighted by molar-refractivity contribution is -0.135. The van der Waals surface area contributed by atoms with Gasteiger partial charge in [-0.25, -0.2) is 4.79 Å². The maximum Gasteiger partial charge on any atom is 0.325 e. The van der Waals surface area contributed by atoms with Gasteiger partial charge in [0.1, 0.15) is 12.1 Å². The summed E-state index contributed by atoms with van der Waals surface area (Å²) < 4.78 is 0. The topological polar surface area (TPSA) is 78.5 Å². The molecule has 6 heteroatoms. The molecule has 2 rings (SSSR count). The van der Waals surface area contributed by atoms with Gasteiger partial charge in [-0.1, -0.05) is 44.2 Å². The van der Waals surface area contributed by atoms with Crippen molar-refractivity contribution in [3.63, 3.8) is 0 Å². The lowest BCUT2D eigenvalue weighted by Gasteiger charge is -2.29. The molecule has 1 saturated heterocycles. The molecule has 1 aliphatic rings. The molecule has 1 fully saturated rings. The van der Waals surface area contributed by atoms with E-state index in [1.165, 1.54) is 0 Å². The number of hydrogen-bond acceptors (Lipinski definition) is 3. The number of carbonyl (C=O) groups excluding carboxylic acids is 3. The van der Waals surface area contributed by atoms with Gasteiger partial charge < -0.3 is 10.6 Å². The fourth-order valence-corrected chi connectivity index (χ4v) is 3.07. The number of nitrogens with one attached hydrogen (secondary N) is 2. The second kappa shape index (κ2) is 7.03. The molecule has 0 bridgehead atoms. The van der Waals surface area contributed by atoms with E-state index in [1.807, 2.05) is 58.0 Å². The van der Waals surface area contributed by atoms with Crippen LogP contribution < -0.4 is 10.6 Å². The first-order chi connectivity index (χ1) is 11.3. The number of benzene rings is 1. The smallest absolute Gasteiger partial charge is 0.325 e. The Hall–Kier alpha value is -2.37. The summed E-state index contributed by atoms with van der Waals surface area (Å²) in [6, 6.07) is 8.63. The van der Waals surface area contributed by atoms with E-state index in [9.17, 15) is 14.4 Å². The van der Waals surface area contributed by atoms with E-state index >= 15 is 0 Å². The quantitative estimate of drug-likeness (QED) is 0.783. The maximum absolute atomic E-state index is 13.1. The van der Waals surface area contributed by atoms with Gasteiger partial charge in [-0.3, -0.25) is 14.5 Å². The van der Waals surface area contributed by atoms with Gasteiger partial charge in [0.15, 0.2) is 0 Å². The molecule has 1 atom stereocenters. The minimum Gasteiger partial charge on any atom is -0.352 e. The van der Waals surface area contributed by atoms with Crippen molar-refractivity contribution in [2.24, 2.45) is 5.92 Å². The summed E-state index contributed by atoms with van der Waals surface area (Å²) in [6.45, 7) is 7.39. The van der Waals surface area contributed by atoms with E-state index in [0.717, 1.165) is 10.5 Å². The number of hydrogen-bond donors (Lipinski definition) is 2. The molecule has 2 N–H and O–H groups in total. The van der Waals surface area contributed by atoms with Crippen LogP contribution in [-0.2, 0) is 15.1 Å². The minimum absolute atomic E-state index is 0.0483. The Kier molecular flexibility index (Phi) is 5.26. The highest BCUT2D eigenvalue weighted by Gasteiger charge is 2.52. The Morgan fingerprint density at radius 2 is 1.79 bits per heavy atom. The van der Waals surface area contributed by atoms with Gasteiger partial charge in [0.2, 0.25) is 5.91 Å². The third kappa shape index (κ3) is 3.58. The number of rotatable bonds is 6. The van der Waals surface area contributed by atoms with Gasteiger partial charge in [-0.2, -0.15) is 0 Å². The Morgan fingerprint density at radius 3 is 2.33 bits per heavy atom. The van der Waals surface area contributed by atoms with Crippen molar-refractivity contribution < 1.29 is 14.4 Å². The number of imide groups is 1. The molecule has 1 aromatic rings. The van der Waals surface area contributed by atoms with E-state index in [1.54, 1.807) is 0 Å². The molecule has 0 saturated carbocycles. The second-order valence-corrected chi connectivity index (χ2v) is 6.91. The van der Waals surface area contributed by atoms with Crippen molar-refractivity contribution in [3.8, 4) is 0 Å². The Balaban J connectivity index is 2.32. The van der Waals surface area contributed by atoms with E-state index in [-0.39, 0.29) is 30.3 Å². The van der Waals surface area contributed by atoms with Gasteiger partial charge in [0.25, 0.3) is 5.91 Å². The van der Waals surface area contributed by atoms with Crippen LogP contribution in [0, 0.1) is 5.92 Å². The standard InChI is InChI=1S/C18H25N3O3/c1-12(2)10-18(14-8-6-5-7-9-14)16(23)21(17(24)20-18)11-15(22)19-13(3)4/h5-9,12-13H,10-11H2,1-4H3,(H,19,22)(H,20,24). The van der Waals surface area contributed by atoms with E-state index in [4.69, 9.17) is 0 Å². The average molecular weight is 331 g/mol. The summed E-state index contributed by atoms with van der Waals surface area (Å²) in [7, 11) is 0. The highest BCUT2D eigenvalue weighted by molar-refractivity contribution is 6.09. The Bertz CT molecular complexity index is 628. The number of carbonyl (C=O) groups is 3. The summed E-state index contributed by atoms with van der Waals surface area (Å²) >= 11 is 0. The van der Waals surface area contributed by atoms with Crippen molar-refractivity contribution in [1.29, 1.82) is 0 Å². The zero-order valence-electron chi connectivity index (χ0n) is 14.6. The van der Waals surface area contributed by atoms with Crippen LogP contribution in [0.15, 0.2) is 30.3 Å². The highest BCUT2D eigenvalue weighted by atomic mass is 16.2. The SMILES string of the molecule is CC(C)CC1(c2ccccc2)NC(=O)N(CC(=O)NC(C)C)C1=O. The van der Waals surface area contributed by atoms with Crippen LogP contribution in [0.25, 0.3) is 0 Å². The summed E-state index contributed by atoms with van der Waals surface area (Å²) in [6.07, 6.45) is 0.476. The number of nitrogens with zero attached hydrogens (tertiary/aromatic N) is 1. The number of urea groups is 1. The van der Waals surface area contributed by atoms with E-state index in [2.05, 4.69) is 10.6 Å². The Labute approximate surface area is 142 Å². The molecule has 0 spiro atoms. The van der Waals surface area contributed by atoms with Crippen LogP contribution in [0.2, 0.25) is 0 Å². The summed E-state index contributed by atoms with van der Waals surface area (Å²) in [4.78, 5) is 38.4. The van der Waals surface area contributed by atoms with Crippen LogP contribution in [0.5, 0.6) is 0 Å². The number of amides is 4. The first-order valence-electron chi connectivity index (χ1n) is 8.25. The molecule has 0 aliphatic carbocycles. The van der Waals surface area contributed by atoms with Gasteiger partial charge in [-0.15, -0.1) is 0 Å². The van der Waals surface area contributed by atoms with Gasteiger partial charge >= 0.3 is 6.03 Å². The molecular formula is C18H25N3O3. The van der Waals surface area contributed by atoms with Crippen LogP contribution >= 0.6 is 0 Å².